The van der Waals surface area contributed by atoms with Crippen molar-refractivity contribution >= 4 is 29.8 Å². The third-order valence-corrected chi connectivity index (χ3v) is 3.99. The van der Waals surface area contributed by atoms with Crippen molar-refractivity contribution in [2.24, 2.45) is 5.10 Å². The first-order valence-electron chi connectivity index (χ1n) is 6.76. The number of hydrogen-bond acceptors (Lipinski definition) is 5. The summed E-state index contributed by atoms with van der Waals surface area (Å²) in [6, 6.07) is 11.7. The predicted octanol–water partition coefficient (Wildman–Crippen LogP) is 3.95. The molecule has 0 aliphatic heterocycles. The summed E-state index contributed by atoms with van der Waals surface area (Å²) < 4.78 is 7.52. The van der Waals surface area contributed by atoms with Gasteiger partial charge in [0.25, 0.3) is 0 Å². The Hall–Kier alpha value is -2.25. The lowest BCUT2D eigenvalue weighted by atomic mass is 10.2. The average Bonchev–Trinajstić information content (AvgIpc) is 3.16. The van der Waals surface area contributed by atoms with Crippen LogP contribution in [-0.4, -0.2) is 27.7 Å². The average molecular weight is 330 g/mol. The first-order valence-corrected chi connectivity index (χ1v) is 8.05. The molecule has 0 bridgehead atoms. The van der Waals surface area contributed by atoms with Crippen molar-refractivity contribution in [2.75, 3.05) is 6.61 Å². The Kier molecular flexibility index (Phi) is 4.45. The van der Waals surface area contributed by atoms with E-state index in [4.69, 9.17) is 17.0 Å². The smallest absolute Gasteiger partial charge is 0.216 e. The highest BCUT2D eigenvalue weighted by molar-refractivity contribution is 7.71. The van der Waals surface area contributed by atoms with Gasteiger partial charge in [-0.3, -0.25) is 0 Å². The first kappa shape index (κ1) is 14.7. The molecule has 2 aromatic heterocycles. The monoisotopic (exact) mass is 330 g/mol. The lowest BCUT2D eigenvalue weighted by Crippen LogP contribution is -1.95. The molecule has 0 aliphatic carbocycles. The molecule has 0 amide bonds. The van der Waals surface area contributed by atoms with Crippen LogP contribution in [0.15, 0.2) is 46.9 Å². The summed E-state index contributed by atoms with van der Waals surface area (Å²) in [5.74, 6) is 1.50. The fraction of sp³-hybridized carbons (Fsp3) is 0.133. The van der Waals surface area contributed by atoms with Gasteiger partial charge in [-0.15, -0.1) is 11.3 Å². The largest absolute Gasteiger partial charge is 0.494 e. The molecule has 0 aliphatic rings. The van der Waals surface area contributed by atoms with Gasteiger partial charge in [0, 0.05) is 10.4 Å². The normalized spacial score (nSPS) is 11.1. The number of aromatic nitrogens is 3. The van der Waals surface area contributed by atoms with E-state index in [-0.39, 0.29) is 0 Å². The van der Waals surface area contributed by atoms with E-state index in [1.807, 2.05) is 48.7 Å². The summed E-state index contributed by atoms with van der Waals surface area (Å²) in [7, 11) is 0. The van der Waals surface area contributed by atoms with Crippen molar-refractivity contribution in [1.29, 1.82) is 0 Å². The number of benzene rings is 1. The van der Waals surface area contributed by atoms with Crippen LogP contribution in [0.1, 0.15) is 11.8 Å². The number of H-pyrrole nitrogens is 1. The maximum Gasteiger partial charge on any atom is 0.216 e. The van der Waals surface area contributed by atoms with Gasteiger partial charge in [-0.25, -0.2) is 5.10 Å². The fourth-order valence-electron chi connectivity index (χ4n) is 1.93. The number of hydrogen-bond donors (Lipinski definition) is 1. The van der Waals surface area contributed by atoms with Crippen LogP contribution in [0.5, 0.6) is 5.75 Å². The van der Waals surface area contributed by atoms with Gasteiger partial charge in [-0.1, -0.05) is 6.07 Å². The summed E-state index contributed by atoms with van der Waals surface area (Å²) in [5, 5.41) is 13.5. The molecule has 1 N–H and O–H groups in total. The maximum atomic E-state index is 5.44. The van der Waals surface area contributed by atoms with Crippen LogP contribution in [0.2, 0.25) is 0 Å². The molecule has 112 valence electrons. The van der Waals surface area contributed by atoms with Crippen molar-refractivity contribution < 1.29 is 4.74 Å². The molecule has 0 spiro atoms. The summed E-state index contributed by atoms with van der Waals surface area (Å²) in [5.41, 5.74) is 0.916. The first-order chi connectivity index (χ1) is 10.8. The van der Waals surface area contributed by atoms with E-state index in [1.54, 1.807) is 22.2 Å². The Morgan fingerprint density at radius 1 is 1.36 bits per heavy atom. The van der Waals surface area contributed by atoms with Gasteiger partial charge in [0.2, 0.25) is 4.77 Å². The lowest BCUT2D eigenvalue weighted by Gasteiger charge is -2.04. The van der Waals surface area contributed by atoms with Crippen LogP contribution in [-0.2, 0) is 0 Å². The lowest BCUT2D eigenvalue weighted by molar-refractivity contribution is 0.340. The van der Waals surface area contributed by atoms with Crippen molar-refractivity contribution in [3.05, 3.63) is 51.4 Å². The highest BCUT2D eigenvalue weighted by Gasteiger charge is 2.08. The number of nitrogens with one attached hydrogen (secondary N) is 1. The Labute approximate surface area is 136 Å². The molecule has 0 saturated heterocycles. The van der Waals surface area contributed by atoms with Gasteiger partial charge in [-0.2, -0.15) is 14.9 Å². The Morgan fingerprint density at radius 2 is 2.18 bits per heavy atom. The highest BCUT2D eigenvalue weighted by Crippen LogP contribution is 2.21. The van der Waals surface area contributed by atoms with Gasteiger partial charge in [-0.05, 0) is 54.9 Å². The maximum absolute atomic E-state index is 5.44. The summed E-state index contributed by atoms with van der Waals surface area (Å²) in [4.78, 5) is 1.06. The Bertz CT molecular complexity index is 816. The molecule has 5 nitrogen and oxygen atoms in total. The summed E-state index contributed by atoms with van der Waals surface area (Å²) in [6.45, 7) is 2.60. The second-order valence-electron chi connectivity index (χ2n) is 4.38. The molecule has 0 unspecified atom stereocenters. The Balaban J connectivity index is 1.93. The molecular formula is C15H14N4OS2. The molecule has 22 heavy (non-hydrogen) atoms. The van der Waals surface area contributed by atoms with Crippen molar-refractivity contribution in [3.63, 3.8) is 0 Å². The summed E-state index contributed by atoms with van der Waals surface area (Å²) in [6.07, 6.45) is 1.77. The standard InChI is InChI=1S/C15H14N4OS2/c1-2-20-12-7-5-11(6-8-12)14-17-18-15(21)19(14)16-10-13-4-3-9-22-13/h3-10H,2H2,1H3,(H,18,21)/b16-10-. The third kappa shape index (κ3) is 3.15. The highest BCUT2D eigenvalue weighted by atomic mass is 32.1. The van der Waals surface area contributed by atoms with E-state index in [9.17, 15) is 0 Å². The molecule has 0 atom stereocenters. The molecule has 0 fully saturated rings. The molecule has 1 aromatic carbocycles. The van der Waals surface area contributed by atoms with E-state index in [1.165, 1.54) is 0 Å². The molecule has 0 radical (unpaired) electrons. The number of thiophene rings is 1. The molecule has 7 heteroatoms. The van der Waals surface area contributed by atoms with Crippen molar-refractivity contribution in [3.8, 4) is 17.1 Å². The van der Waals surface area contributed by atoms with Crippen molar-refractivity contribution in [2.45, 2.75) is 6.92 Å². The third-order valence-electron chi connectivity index (χ3n) is 2.92. The fourth-order valence-corrected chi connectivity index (χ4v) is 2.69. The van der Waals surface area contributed by atoms with Crippen molar-refractivity contribution in [1.82, 2.24) is 14.9 Å². The van der Waals surface area contributed by atoms with E-state index < -0.39 is 0 Å². The van der Waals surface area contributed by atoms with Gasteiger partial charge in [0.15, 0.2) is 5.82 Å². The van der Waals surface area contributed by atoms with Crippen LogP contribution in [0.25, 0.3) is 11.4 Å². The van der Waals surface area contributed by atoms with E-state index in [2.05, 4.69) is 15.3 Å². The molecule has 3 rings (SSSR count). The second-order valence-corrected chi connectivity index (χ2v) is 5.75. The number of nitrogens with zero attached hydrogens (tertiary/aromatic N) is 3. The van der Waals surface area contributed by atoms with Gasteiger partial charge >= 0.3 is 0 Å². The van der Waals surface area contributed by atoms with E-state index in [0.717, 1.165) is 16.2 Å². The minimum Gasteiger partial charge on any atom is -0.494 e. The zero-order chi connectivity index (χ0) is 15.4. The molecule has 2 heterocycles. The van der Waals surface area contributed by atoms with Crippen LogP contribution >= 0.6 is 23.6 Å². The van der Waals surface area contributed by atoms with Crippen LogP contribution in [0.3, 0.4) is 0 Å². The molecule has 0 saturated carbocycles. The van der Waals surface area contributed by atoms with Crippen LogP contribution in [0, 0.1) is 4.77 Å². The number of ether oxygens (including phenoxy) is 1. The second kappa shape index (κ2) is 6.67. The van der Waals surface area contributed by atoms with Gasteiger partial charge in [0.05, 0.1) is 12.8 Å². The quantitative estimate of drug-likeness (QED) is 0.569. The minimum atomic E-state index is 0.455. The minimum absolute atomic E-state index is 0.455. The van der Waals surface area contributed by atoms with Crippen LogP contribution in [0.4, 0.5) is 0 Å². The zero-order valence-corrected chi connectivity index (χ0v) is 13.5. The van der Waals surface area contributed by atoms with E-state index >= 15 is 0 Å². The van der Waals surface area contributed by atoms with Crippen LogP contribution < -0.4 is 4.74 Å². The molecular weight excluding hydrogens is 316 g/mol. The van der Waals surface area contributed by atoms with Gasteiger partial charge in [0.1, 0.15) is 5.75 Å². The van der Waals surface area contributed by atoms with Gasteiger partial charge < -0.3 is 4.74 Å². The Morgan fingerprint density at radius 3 is 2.86 bits per heavy atom. The predicted molar refractivity (Wildman–Crippen MR) is 91.3 cm³/mol. The van der Waals surface area contributed by atoms with E-state index in [0.29, 0.717) is 17.2 Å². The zero-order valence-electron chi connectivity index (χ0n) is 11.9. The molecule has 3 aromatic rings. The number of aromatic amines is 1. The topological polar surface area (TPSA) is 55.2 Å². The summed E-state index contributed by atoms with van der Waals surface area (Å²) >= 11 is 6.86. The number of rotatable bonds is 5. The SMILES string of the molecule is CCOc1ccc(-c2n[nH]c(=S)n2/N=C\c2cccs2)cc1.